The van der Waals surface area contributed by atoms with E-state index in [-0.39, 0.29) is 5.91 Å². The van der Waals surface area contributed by atoms with Gasteiger partial charge in [0.25, 0.3) is 5.91 Å². The molecule has 2 aromatic heterocycles. The van der Waals surface area contributed by atoms with Crippen molar-refractivity contribution in [1.29, 1.82) is 0 Å². The first kappa shape index (κ1) is 13.5. The first-order valence-corrected chi connectivity index (χ1v) is 7.99. The fraction of sp³-hybridized carbons (Fsp3) is 0.471. The number of hydrogen-bond acceptors (Lipinski definition) is 4. The maximum atomic E-state index is 12.4. The molecule has 0 radical (unpaired) electrons. The van der Waals surface area contributed by atoms with Gasteiger partial charge in [0.2, 0.25) is 5.95 Å². The van der Waals surface area contributed by atoms with Crippen molar-refractivity contribution in [3.63, 3.8) is 0 Å². The second kappa shape index (κ2) is 5.23. The van der Waals surface area contributed by atoms with E-state index in [1.165, 1.54) is 12.0 Å². The summed E-state index contributed by atoms with van der Waals surface area (Å²) >= 11 is 0. The Morgan fingerprint density at radius 2 is 1.91 bits per heavy atom. The predicted molar refractivity (Wildman–Crippen MR) is 82.1 cm³/mol. The average molecular weight is 297 g/mol. The Labute approximate surface area is 129 Å². The maximum Gasteiger partial charge on any atom is 0.294 e. The molecule has 0 saturated heterocycles. The highest BCUT2D eigenvalue weighted by Crippen LogP contribution is 2.28. The second-order valence-corrected chi connectivity index (χ2v) is 6.14. The Kier molecular flexibility index (Phi) is 3.21. The van der Waals surface area contributed by atoms with Gasteiger partial charge in [0.05, 0.1) is 6.26 Å². The number of carbonyl (C=O) groups is 1. The zero-order chi connectivity index (χ0) is 15.1. The van der Waals surface area contributed by atoms with Crippen LogP contribution in [0.4, 0.5) is 5.95 Å². The van der Waals surface area contributed by atoms with Crippen molar-refractivity contribution >= 4 is 11.9 Å². The Morgan fingerprint density at radius 1 is 1.09 bits per heavy atom. The molecule has 1 N–H and O–H groups in total. The van der Waals surface area contributed by atoms with Crippen molar-refractivity contribution in [2.45, 2.75) is 51.9 Å². The molecule has 0 aromatic carbocycles. The molecular weight excluding hydrogens is 278 g/mol. The van der Waals surface area contributed by atoms with Crippen LogP contribution in [0.1, 0.15) is 57.9 Å². The lowest BCUT2D eigenvalue weighted by Gasteiger charge is -2.17. The van der Waals surface area contributed by atoms with Crippen LogP contribution in [-0.2, 0) is 25.7 Å². The molecule has 4 rings (SSSR count). The minimum Gasteiger partial charge on any atom is -0.459 e. The molecule has 2 aromatic rings. The quantitative estimate of drug-likeness (QED) is 0.925. The topological polar surface area (TPSA) is 68.0 Å². The van der Waals surface area contributed by atoms with E-state index in [4.69, 9.17) is 4.42 Å². The molecule has 0 bridgehead atoms. The summed E-state index contributed by atoms with van der Waals surface area (Å²) in [5.74, 6) is 0.580. The number of anilines is 1. The summed E-state index contributed by atoms with van der Waals surface area (Å²) < 4.78 is 5.45. The van der Waals surface area contributed by atoms with Crippen molar-refractivity contribution in [2.24, 2.45) is 0 Å². The van der Waals surface area contributed by atoms with Gasteiger partial charge in [-0.1, -0.05) is 0 Å². The molecule has 0 saturated carbocycles. The van der Waals surface area contributed by atoms with Gasteiger partial charge in [-0.05, 0) is 63.0 Å². The third-order valence-corrected chi connectivity index (χ3v) is 4.68. The predicted octanol–water partition coefficient (Wildman–Crippen LogP) is 3.00. The highest BCUT2D eigenvalue weighted by Gasteiger charge is 2.24. The van der Waals surface area contributed by atoms with Gasteiger partial charge in [-0.3, -0.25) is 10.1 Å². The largest absolute Gasteiger partial charge is 0.459 e. The van der Waals surface area contributed by atoms with Crippen LogP contribution in [0.15, 0.2) is 10.7 Å². The van der Waals surface area contributed by atoms with E-state index < -0.39 is 0 Å². The summed E-state index contributed by atoms with van der Waals surface area (Å²) in [6, 6.07) is 0. The summed E-state index contributed by atoms with van der Waals surface area (Å²) in [5.41, 5.74) is 5.52. The fourth-order valence-electron chi connectivity index (χ4n) is 3.54. The van der Waals surface area contributed by atoms with Crippen LogP contribution in [0.25, 0.3) is 0 Å². The Hall–Kier alpha value is -2.17. The normalized spacial score (nSPS) is 16.2. The lowest BCUT2D eigenvalue weighted by Crippen LogP contribution is -2.18. The lowest BCUT2D eigenvalue weighted by molar-refractivity contribution is 0.0994. The van der Waals surface area contributed by atoms with Gasteiger partial charge in [-0.2, -0.15) is 0 Å². The number of nitrogens with zero attached hydrogens (tertiary/aromatic N) is 2. The molecule has 0 aliphatic heterocycles. The van der Waals surface area contributed by atoms with E-state index in [0.717, 1.165) is 61.0 Å². The summed E-state index contributed by atoms with van der Waals surface area (Å²) in [7, 11) is 0. The number of rotatable bonds is 2. The molecule has 0 fully saturated rings. The Bertz CT molecular complexity index is 749. The molecule has 0 spiro atoms. The minimum absolute atomic E-state index is 0.238. The van der Waals surface area contributed by atoms with Crippen LogP contribution in [-0.4, -0.2) is 15.9 Å². The number of furan rings is 1. The van der Waals surface area contributed by atoms with E-state index in [2.05, 4.69) is 15.3 Å². The fourth-order valence-corrected chi connectivity index (χ4v) is 3.54. The van der Waals surface area contributed by atoms with E-state index in [1.54, 1.807) is 6.26 Å². The number of hydrogen-bond donors (Lipinski definition) is 1. The summed E-state index contributed by atoms with van der Waals surface area (Å²) in [6.07, 6.45) is 9.08. The number of amides is 1. The number of nitrogens with one attached hydrogen (secondary N) is 1. The van der Waals surface area contributed by atoms with Crippen LogP contribution < -0.4 is 5.32 Å². The van der Waals surface area contributed by atoms with Crippen molar-refractivity contribution in [3.8, 4) is 0 Å². The smallest absolute Gasteiger partial charge is 0.294 e. The Balaban J connectivity index is 1.60. The van der Waals surface area contributed by atoms with Gasteiger partial charge < -0.3 is 4.42 Å². The van der Waals surface area contributed by atoms with Gasteiger partial charge in [0, 0.05) is 17.0 Å². The van der Waals surface area contributed by atoms with Crippen LogP contribution in [0.5, 0.6) is 0 Å². The van der Waals surface area contributed by atoms with E-state index in [1.807, 2.05) is 6.92 Å². The van der Waals surface area contributed by atoms with E-state index >= 15 is 0 Å². The standard InChI is InChI=1S/C17H19N3O2/c1-10-12-6-2-3-8-14(12)19-17(18-10)20-16(21)15-13-7-4-5-11(13)9-22-15/h9H,2-8H2,1H3,(H,18,19,20,21). The van der Waals surface area contributed by atoms with Gasteiger partial charge in [0.1, 0.15) is 0 Å². The number of aromatic nitrogens is 2. The molecule has 5 heteroatoms. The summed E-state index contributed by atoms with van der Waals surface area (Å²) in [4.78, 5) is 21.4. The SMILES string of the molecule is Cc1nc(NC(=O)c2occ3c2CCC3)nc2c1CCCC2. The van der Waals surface area contributed by atoms with Crippen LogP contribution in [0, 0.1) is 6.92 Å². The first-order valence-electron chi connectivity index (χ1n) is 7.99. The maximum absolute atomic E-state index is 12.4. The lowest BCUT2D eigenvalue weighted by atomic mass is 9.95. The third kappa shape index (κ3) is 2.21. The molecule has 2 heterocycles. The molecular formula is C17H19N3O2. The second-order valence-electron chi connectivity index (χ2n) is 6.14. The van der Waals surface area contributed by atoms with Gasteiger partial charge >= 0.3 is 0 Å². The number of aryl methyl sites for hydroxylation is 3. The first-order chi connectivity index (χ1) is 10.7. The zero-order valence-corrected chi connectivity index (χ0v) is 12.7. The molecule has 2 aliphatic rings. The molecule has 5 nitrogen and oxygen atoms in total. The molecule has 1 amide bonds. The zero-order valence-electron chi connectivity index (χ0n) is 12.7. The van der Waals surface area contributed by atoms with Gasteiger partial charge in [0.15, 0.2) is 5.76 Å². The van der Waals surface area contributed by atoms with E-state index in [0.29, 0.717) is 11.7 Å². The van der Waals surface area contributed by atoms with Crippen molar-refractivity contribution in [3.05, 3.63) is 40.1 Å². The highest BCUT2D eigenvalue weighted by atomic mass is 16.3. The van der Waals surface area contributed by atoms with Crippen molar-refractivity contribution < 1.29 is 9.21 Å². The average Bonchev–Trinajstić information content (AvgIpc) is 3.10. The summed E-state index contributed by atoms with van der Waals surface area (Å²) in [6.45, 7) is 1.99. The number of carbonyl (C=O) groups excluding carboxylic acids is 1. The Morgan fingerprint density at radius 3 is 2.82 bits per heavy atom. The summed E-state index contributed by atoms with van der Waals surface area (Å²) in [5, 5.41) is 2.81. The molecule has 2 aliphatic carbocycles. The van der Waals surface area contributed by atoms with Crippen LogP contribution in [0.3, 0.4) is 0 Å². The van der Waals surface area contributed by atoms with Crippen molar-refractivity contribution in [2.75, 3.05) is 5.32 Å². The number of fused-ring (bicyclic) bond motifs is 2. The molecule has 22 heavy (non-hydrogen) atoms. The monoisotopic (exact) mass is 297 g/mol. The highest BCUT2D eigenvalue weighted by molar-refractivity contribution is 6.02. The van der Waals surface area contributed by atoms with Gasteiger partial charge in [-0.25, -0.2) is 9.97 Å². The van der Waals surface area contributed by atoms with Crippen LogP contribution in [0.2, 0.25) is 0 Å². The van der Waals surface area contributed by atoms with Crippen molar-refractivity contribution in [1.82, 2.24) is 9.97 Å². The van der Waals surface area contributed by atoms with Crippen LogP contribution >= 0.6 is 0 Å². The molecule has 0 atom stereocenters. The third-order valence-electron chi connectivity index (χ3n) is 4.68. The molecule has 0 unspecified atom stereocenters. The minimum atomic E-state index is -0.238. The van der Waals surface area contributed by atoms with E-state index in [9.17, 15) is 4.79 Å². The van der Waals surface area contributed by atoms with Gasteiger partial charge in [-0.15, -0.1) is 0 Å². The molecule has 114 valence electrons.